The number of ketones is 1. The lowest BCUT2D eigenvalue weighted by atomic mass is 10.1. The van der Waals surface area contributed by atoms with Gasteiger partial charge in [-0.3, -0.25) is 19.7 Å². The van der Waals surface area contributed by atoms with Gasteiger partial charge in [0, 0.05) is 11.8 Å². The van der Waals surface area contributed by atoms with E-state index in [1.807, 2.05) is 0 Å². The van der Waals surface area contributed by atoms with Crippen LogP contribution in [0, 0.1) is 10.1 Å². The summed E-state index contributed by atoms with van der Waals surface area (Å²) in [5.74, 6) is -0.672. The van der Waals surface area contributed by atoms with Gasteiger partial charge in [0.15, 0.2) is 0 Å². The van der Waals surface area contributed by atoms with Crippen LogP contribution >= 0.6 is 0 Å². The van der Waals surface area contributed by atoms with E-state index >= 15 is 0 Å². The first-order valence-corrected chi connectivity index (χ1v) is 5.04. The number of carbonyl (C=O) groups is 2. The molecule has 96 valence electrons. The van der Waals surface area contributed by atoms with E-state index in [2.05, 4.69) is 5.32 Å². The fraction of sp³-hybridized carbons (Fsp3) is 0.273. The van der Waals surface area contributed by atoms with Gasteiger partial charge in [0.05, 0.1) is 18.4 Å². The number of methoxy groups -OCH3 is 1. The van der Waals surface area contributed by atoms with E-state index < -0.39 is 17.3 Å². The number of nitrogens with zero attached hydrogens (tertiary/aromatic N) is 1. The smallest absolute Gasteiger partial charge is 0.265 e. The third-order valence-corrected chi connectivity index (χ3v) is 2.11. The molecule has 0 heterocycles. The van der Waals surface area contributed by atoms with Gasteiger partial charge in [-0.2, -0.15) is 0 Å². The molecule has 18 heavy (non-hydrogen) atoms. The highest BCUT2D eigenvalue weighted by Crippen LogP contribution is 2.22. The Kier molecular flexibility index (Phi) is 4.36. The van der Waals surface area contributed by atoms with E-state index in [0.717, 1.165) is 0 Å². The molecular weight excluding hydrogens is 240 g/mol. The molecule has 0 unspecified atom stereocenters. The molecule has 1 aromatic carbocycles. The average Bonchev–Trinajstić information content (AvgIpc) is 2.27. The molecule has 0 bridgehead atoms. The first kappa shape index (κ1) is 13.6. The molecule has 0 atom stereocenters. The zero-order valence-corrected chi connectivity index (χ0v) is 9.93. The van der Waals surface area contributed by atoms with Gasteiger partial charge in [-0.05, 0) is 18.2 Å². The van der Waals surface area contributed by atoms with Crippen molar-refractivity contribution in [3.8, 4) is 5.75 Å². The molecule has 0 saturated carbocycles. The Labute approximate surface area is 103 Å². The standard InChI is InChI=1S/C11H12N2O5/c1-7(14)12-10-4-3-8(18-2)5-9(10)11(15)6-13(16)17/h3-5H,6H2,1-2H3,(H,12,14). The second kappa shape index (κ2) is 5.76. The number of hydrogen-bond acceptors (Lipinski definition) is 5. The topological polar surface area (TPSA) is 98.5 Å². The van der Waals surface area contributed by atoms with Crippen LogP contribution in [0.15, 0.2) is 18.2 Å². The second-order valence-corrected chi connectivity index (χ2v) is 3.51. The molecule has 0 radical (unpaired) electrons. The summed E-state index contributed by atoms with van der Waals surface area (Å²) in [7, 11) is 1.41. The minimum absolute atomic E-state index is 0.0567. The van der Waals surface area contributed by atoms with Crippen molar-refractivity contribution in [2.24, 2.45) is 0 Å². The summed E-state index contributed by atoms with van der Waals surface area (Å²) in [4.78, 5) is 32.3. The van der Waals surface area contributed by atoms with Gasteiger partial charge >= 0.3 is 0 Å². The van der Waals surface area contributed by atoms with E-state index in [4.69, 9.17) is 4.74 Å². The number of benzene rings is 1. The summed E-state index contributed by atoms with van der Waals surface area (Å²) in [6.07, 6.45) is 0. The third-order valence-electron chi connectivity index (χ3n) is 2.11. The maximum Gasteiger partial charge on any atom is 0.265 e. The Morgan fingerprint density at radius 2 is 2.11 bits per heavy atom. The monoisotopic (exact) mass is 252 g/mol. The molecular formula is C11H12N2O5. The zero-order chi connectivity index (χ0) is 13.7. The second-order valence-electron chi connectivity index (χ2n) is 3.51. The third kappa shape index (κ3) is 3.55. The van der Waals surface area contributed by atoms with Crippen LogP contribution in [0.1, 0.15) is 17.3 Å². The van der Waals surface area contributed by atoms with Crippen LogP contribution in [0.5, 0.6) is 5.75 Å². The van der Waals surface area contributed by atoms with Crippen molar-refractivity contribution < 1.29 is 19.2 Å². The number of rotatable bonds is 5. The number of anilines is 1. The molecule has 1 N–H and O–H groups in total. The van der Waals surface area contributed by atoms with Gasteiger partial charge in [0.2, 0.25) is 11.7 Å². The van der Waals surface area contributed by atoms with Crippen LogP contribution in [-0.2, 0) is 4.79 Å². The van der Waals surface area contributed by atoms with Crippen LogP contribution < -0.4 is 10.1 Å². The summed E-state index contributed by atoms with van der Waals surface area (Å²) >= 11 is 0. The predicted molar refractivity (Wildman–Crippen MR) is 63.5 cm³/mol. The average molecular weight is 252 g/mol. The van der Waals surface area contributed by atoms with Gasteiger partial charge in [-0.25, -0.2) is 0 Å². The fourth-order valence-electron chi connectivity index (χ4n) is 1.38. The Hall–Kier alpha value is -2.44. The quantitative estimate of drug-likeness (QED) is 0.481. The summed E-state index contributed by atoms with van der Waals surface area (Å²) in [5.41, 5.74) is 0.288. The molecule has 1 aromatic rings. The molecule has 0 aliphatic rings. The largest absolute Gasteiger partial charge is 0.497 e. The molecule has 0 aliphatic heterocycles. The van der Waals surface area contributed by atoms with Crippen molar-refractivity contribution in [3.63, 3.8) is 0 Å². The van der Waals surface area contributed by atoms with Crippen LogP contribution in [0.25, 0.3) is 0 Å². The van der Waals surface area contributed by atoms with Crippen LogP contribution in [0.4, 0.5) is 5.69 Å². The van der Waals surface area contributed by atoms with Gasteiger partial charge in [0.1, 0.15) is 5.75 Å². The summed E-state index contributed by atoms with van der Waals surface area (Å²) < 4.78 is 4.94. The highest BCUT2D eigenvalue weighted by molar-refractivity contribution is 6.05. The number of carbonyl (C=O) groups excluding carboxylic acids is 2. The highest BCUT2D eigenvalue weighted by atomic mass is 16.6. The van der Waals surface area contributed by atoms with E-state index in [1.54, 1.807) is 6.07 Å². The van der Waals surface area contributed by atoms with Gasteiger partial charge in [0.25, 0.3) is 6.54 Å². The number of ether oxygens (including phenoxy) is 1. The summed E-state index contributed by atoms with van der Waals surface area (Å²) in [6, 6.07) is 4.37. The molecule has 0 fully saturated rings. The van der Waals surface area contributed by atoms with Gasteiger partial charge < -0.3 is 10.1 Å². The molecule has 7 nitrogen and oxygen atoms in total. The summed E-state index contributed by atoms with van der Waals surface area (Å²) in [5, 5.41) is 12.8. The lowest BCUT2D eigenvalue weighted by Gasteiger charge is -2.09. The van der Waals surface area contributed by atoms with E-state index in [0.29, 0.717) is 5.75 Å². The number of nitro groups is 1. The molecule has 7 heteroatoms. The molecule has 0 aromatic heterocycles. The minimum Gasteiger partial charge on any atom is -0.497 e. The van der Waals surface area contributed by atoms with Crippen LogP contribution in [0.3, 0.4) is 0 Å². The maximum absolute atomic E-state index is 11.7. The van der Waals surface area contributed by atoms with E-state index in [9.17, 15) is 19.7 Å². The van der Waals surface area contributed by atoms with Crippen LogP contribution in [0.2, 0.25) is 0 Å². The van der Waals surface area contributed by atoms with Crippen molar-refractivity contribution in [1.82, 2.24) is 0 Å². The zero-order valence-electron chi connectivity index (χ0n) is 9.93. The van der Waals surface area contributed by atoms with E-state index in [1.165, 1.54) is 26.2 Å². The number of Topliss-reactive ketones (excluding diaryl/α,β-unsaturated/α-hetero) is 1. The van der Waals surface area contributed by atoms with Crippen molar-refractivity contribution in [2.45, 2.75) is 6.92 Å². The minimum atomic E-state index is -0.834. The number of amides is 1. The SMILES string of the molecule is COc1ccc(NC(C)=O)c(C(=O)C[N+](=O)[O-])c1. The molecule has 1 rings (SSSR count). The lowest BCUT2D eigenvalue weighted by molar-refractivity contribution is -0.465. The fourth-order valence-corrected chi connectivity index (χ4v) is 1.38. The van der Waals surface area contributed by atoms with Crippen molar-refractivity contribution >= 4 is 17.4 Å². The first-order chi connectivity index (χ1) is 8.43. The Balaban J connectivity index is 3.14. The van der Waals surface area contributed by atoms with Crippen molar-refractivity contribution in [2.75, 3.05) is 19.0 Å². The number of hydrogen-bond donors (Lipinski definition) is 1. The van der Waals surface area contributed by atoms with Crippen molar-refractivity contribution in [1.29, 1.82) is 0 Å². The molecule has 0 aliphatic carbocycles. The van der Waals surface area contributed by atoms with Gasteiger partial charge in [-0.1, -0.05) is 0 Å². The van der Waals surface area contributed by atoms with Gasteiger partial charge in [-0.15, -0.1) is 0 Å². The van der Waals surface area contributed by atoms with Crippen molar-refractivity contribution in [3.05, 3.63) is 33.9 Å². The summed E-state index contributed by atoms with van der Waals surface area (Å²) in [6.45, 7) is 0.450. The van der Waals surface area contributed by atoms with Crippen LogP contribution in [-0.4, -0.2) is 30.3 Å². The molecule has 1 amide bonds. The van der Waals surface area contributed by atoms with E-state index in [-0.39, 0.29) is 17.2 Å². The predicted octanol–water partition coefficient (Wildman–Crippen LogP) is 1.11. The Bertz CT molecular complexity index is 498. The number of nitrogens with one attached hydrogen (secondary N) is 1. The Morgan fingerprint density at radius 3 is 2.61 bits per heavy atom. The maximum atomic E-state index is 11.7. The Morgan fingerprint density at radius 1 is 1.44 bits per heavy atom. The molecule has 0 spiro atoms. The highest BCUT2D eigenvalue weighted by Gasteiger charge is 2.18. The first-order valence-electron chi connectivity index (χ1n) is 5.04. The molecule has 0 saturated heterocycles. The normalized spacial score (nSPS) is 9.67. The lowest BCUT2D eigenvalue weighted by Crippen LogP contribution is -2.17.